The summed E-state index contributed by atoms with van der Waals surface area (Å²) in [6, 6.07) is 0. The number of ether oxygens (including phenoxy) is 3. The molecule has 6 nitrogen and oxygen atoms in total. The summed E-state index contributed by atoms with van der Waals surface area (Å²) in [4.78, 5) is 38.1. The fourth-order valence-corrected chi connectivity index (χ4v) is 8.68. The maximum Gasteiger partial charge on any atom is 0.306 e. The van der Waals surface area contributed by atoms with Crippen molar-refractivity contribution in [2.75, 3.05) is 13.2 Å². The zero-order valence-electron chi connectivity index (χ0n) is 48.1. The maximum absolute atomic E-state index is 12.8. The van der Waals surface area contributed by atoms with Gasteiger partial charge in [-0.05, 0) is 109 Å². The van der Waals surface area contributed by atoms with E-state index in [1.807, 2.05) is 0 Å². The Labute approximate surface area is 452 Å². The van der Waals surface area contributed by atoms with Crippen LogP contribution in [-0.2, 0) is 28.6 Å². The number of hydrogen-bond acceptors (Lipinski definition) is 6. The van der Waals surface area contributed by atoms with E-state index >= 15 is 0 Å². The van der Waals surface area contributed by atoms with E-state index in [0.29, 0.717) is 19.3 Å². The molecule has 0 spiro atoms. The monoisotopic (exact) mass is 1020 g/mol. The van der Waals surface area contributed by atoms with Gasteiger partial charge in [-0.1, -0.05) is 260 Å². The number of esters is 3. The second-order valence-electron chi connectivity index (χ2n) is 20.6. The van der Waals surface area contributed by atoms with E-state index in [-0.39, 0.29) is 31.1 Å². The summed E-state index contributed by atoms with van der Waals surface area (Å²) in [5.74, 6) is -0.923. The van der Waals surface area contributed by atoms with Gasteiger partial charge in [0.25, 0.3) is 0 Å². The summed E-state index contributed by atoms with van der Waals surface area (Å²) in [5, 5.41) is 0. The molecule has 0 saturated heterocycles. The molecule has 0 aromatic heterocycles. The standard InChI is InChI=1S/C67H116O6/c1-4-7-10-13-16-19-22-24-25-26-27-28-29-30-31-32-33-34-35-36-37-38-39-40-41-43-45-48-51-54-57-60-66(69)72-63-64(62-71-65(68)59-56-53-50-47-44-21-18-15-12-9-6-3)73-67(70)61-58-55-52-49-46-42-23-20-17-14-11-8-5-2/h8,11,15,17-18,20,22,24,26-27,29-30,42,46,64H,4-7,9-10,12-14,16,19,21,23,25,28,31-41,43-45,47-63H2,1-3H3/b11-8-,18-15-,20-17-,24-22-,27-26-,30-29-,46-42-. The van der Waals surface area contributed by atoms with Crippen LogP contribution in [0.3, 0.4) is 0 Å². The molecule has 0 aliphatic heterocycles. The van der Waals surface area contributed by atoms with Crippen LogP contribution in [0.1, 0.15) is 303 Å². The molecule has 1 unspecified atom stereocenters. The van der Waals surface area contributed by atoms with E-state index in [2.05, 4.69) is 106 Å². The molecule has 0 N–H and O–H groups in total. The third-order valence-corrected chi connectivity index (χ3v) is 13.4. The molecule has 0 heterocycles. The lowest BCUT2D eigenvalue weighted by Crippen LogP contribution is -2.30. The molecule has 0 radical (unpaired) electrons. The van der Waals surface area contributed by atoms with Gasteiger partial charge in [0, 0.05) is 19.3 Å². The highest BCUT2D eigenvalue weighted by atomic mass is 16.6. The van der Waals surface area contributed by atoms with E-state index in [1.165, 1.54) is 161 Å². The molecular formula is C67H116O6. The fourth-order valence-electron chi connectivity index (χ4n) is 8.68. The summed E-state index contributed by atoms with van der Waals surface area (Å²) in [6.45, 7) is 6.46. The molecule has 0 fully saturated rings. The van der Waals surface area contributed by atoms with Crippen LogP contribution in [0.15, 0.2) is 85.1 Å². The van der Waals surface area contributed by atoms with Crippen molar-refractivity contribution in [1.29, 1.82) is 0 Å². The molecular weight excluding hydrogens is 901 g/mol. The van der Waals surface area contributed by atoms with Crippen molar-refractivity contribution in [3.63, 3.8) is 0 Å². The van der Waals surface area contributed by atoms with Crippen molar-refractivity contribution in [1.82, 2.24) is 0 Å². The minimum absolute atomic E-state index is 0.0896. The Morgan fingerprint density at radius 1 is 0.288 bits per heavy atom. The first-order valence-corrected chi connectivity index (χ1v) is 31.1. The van der Waals surface area contributed by atoms with Crippen molar-refractivity contribution < 1.29 is 28.6 Å². The summed E-state index contributed by atoms with van der Waals surface area (Å²) >= 11 is 0. The molecule has 0 aromatic carbocycles. The van der Waals surface area contributed by atoms with Gasteiger partial charge in [-0.15, -0.1) is 0 Å². The quantitative estimate of drug-likeness (QED) is 0.0261. The minimum Gasteiger partial charge on any atom is -0.462 e. The van der Waals surface area contributed by atoms with Crippen molar-refractivity contribution in [3.05, 3.63) is 85.1 Å². The van der Waals surface area contributed by atoms with Crippen LogP contribution in [0.25, 0.3) is 0 Å². The zero-order chi connectivity index (χ0) is 52.9. The predicted octanol–water partition coefficient (Wildman–Crippen LogP) is 21.1. The first-order chi connectivity index (χ1) is 36.0. The molecule has 0 aliphatic carbocycles. The predicted molar refractivity (Wildman–Crippen MR) is 316 cm³/mol. The lowest BCUT2D eigenvalue weighted by atomic mass is 10.0. The van der Waals surface area contributed by atoms with E-state index in [1.54, 1.807) is 0 Å². The fraction of sp³-hybridized carbons (Fsp3) is 0.746. The van der Waals surface area contributed by atoms with E-state index in [9.17, 15) is 14.4 Å². The van der Waals surface area contributed by atoms with Crippen LogP contribution in [0.4, 0.5) is 0 Å². The highest BCUT2D eigenvalue weighted by Crippen LogP contribution is 2.16. The summed E-state index contributed by atoms with van der Waals surface area (Å²) in [6.07, 6.45) is 80.4. The number of hydrogen-bond donors (Lipinski definition) is 0. The molecule has 0 aliphatic rings. The van der Waals surface area contributed by atoms with E-state index < -0.39 is 6.10 Å². The lowest BCUT2D eigenvalue weighted by molar-refractivity contribution is -0.167. The van der Waals surface area contributed by atoms with Crippen LogP contribution in [0.2, 0.25) is 0 Å². The summed E-state index contributed by atoms with van der Waals surface area (Å²) in [7, 11) is 0. The molecule has 0 rings (SSSR count). The largest absolute Gasteiger partial charge is 0.462 e. The number of carbonyl (C=O) groups is 3. The number of allylic oxidation sites excluding steroid dienone is 14. The molecule has 0 bridgehead atoms. The maximum atomic E-state index is 12.8. The Morgan fingerprint density at radius 3 is 0.904 bits per heavy atom. The third-order valence-electron chi connectivity index (χ3n) is 13.4. The lowest BCUT2D eigenvalue weighted by Gasteiger charge is -2.18. The van der Waals surface area contributed by atoms with Gasteiger partial charge in [0.2, 0.25) is 0 Å². The van der Waals surface area contributed by atoms with Gasteiger partial charge in [0.05, 0.1) is 0 Å². The Kier molecular flexibility index (Phi) is 58.3. The normalized spacial score (nSPS) is 12.6. The van der Waals surface area contributed by atoms with Gasteiger partial charge in [-0.25, -0.2) is 0 Å². The van der Waals surface area contributed by atoms with Gasteiger partial charge < -0.3 is 14.2 Å². The molecule has 420 valence electrons. The third kappa shape index (κ3) is 59.3. The molecule has 73 heavy (non-hydrogen) atoms. The van der Waals surface area contributed by atoms with Gasteiger partial charge in [0.1, 0.15) is 13.2 Å². The van der Waals surface area contributed by atoms with Gasteiger partial charge >= 0.3 is 17.9 Å². The average molecular weight is 1020 g/mol. The molecule has 1 atom stereocenters. The van der Waals surface area contributed by atoms with Crippen molar-refractivity contribution in [2.24, 2.45) is 0 Å². The summed E-state index contributed by atoms with van der Waals surface area (Å²) < 4.78 is 16.8. The van der Waals surface area contributed by atoms with Crippen molar-refractivity contribution >= 4 is 17.9 Å². The average Bonchev–Trinajstić information content (AvgIpc) is 3.39. The van der Waals surface area contributed by atoms with Crippen LogP contribution >= 0.6 is 0 Å². The highest BCUT2D eigenvalue weighted by molar-refractivity contribution is 5.71. The Bertz CT molecular complexity index is 1400. The first-order valence-electron chi connectivity index (χ1n) is 31.1. The highest BCUT2D eigenvalue weighted by Gasteiger charge is 2.19. The Morgan fingerprint density at radius 2 is 0.548 bits per heavy atom. The van der Waals surface area contributed by atoms with Crippen LogP contribution in [0, 0.1) is 0 Å². The SMILES string of the molecule is CC/C=C\C/C=C\C/C=C\CCCCCC(=O)OC(COC(=O)CCCCCCC/C=C\CCCC)COC(=O)CCCCCCCCCCCCCCCCCC/C=C\C/C=C\C/C=C\CCCCCCC. The second-order valence-corrected chi connectivity index (χ2v) is 20.6. The minimum atomic E-state index is -0.794. The molecule has 0 aromatic rings. The van der Waals surface area contributed by atoms with Gasteiger partial charge in [-0.2, -0.15) is 0 Å². The molecule has 0 saturated carbocycles. The molecule has 6 heteroatoms. The van der Waals surface area contributed by atoms with Crippen LogP contribution in [0.5, 0.6) is 0 Å². The summed E-state index contributed by atoms with van der Waals surface area (Å²) in [5.41, 5.74) is 0. The zero-order valence-corrected chi connectivity index (χ0v) is 48.1. The first kappa shape index (κ1) is 69.6. The Hall–Kier alpha value is -3.41. The molecule has 0 amide bonds. The van der Waals surface area contributed by atoms with Crippen LogP contribution in [-0.4, -0.2) is 37.2 Å². The van der Waals surface area contributed by atoms with Gasteiger partial charge in [-0.3, -0.25) is 14.4 Å². The van der Waals surface area contributed by atoms with Crippen LogP contribution < -0.4 is 0 Å². The van der Waals surface area contributed by atoms with Crippen molar-refractivity contribution in [3.8, 4) is 0 Å². The number of unbranched alkanes of at least 4 members (excludes halogenated alkanes) is 31. The Balaban J connectivity index is 4.13. The topological polar surface area (TPSA) is 78.9 Å². The number of rotatable bonds is 56. The van der Waals surface area contributed by atoms with Gasteiger partial charge in [0.15, 0.2) is 6.10 Å². The van der Waals surface area contributed by atoms with E-state index in [0.717, 1.165) is 103 Å². The smallest absolute Gasteiger partial charge is 0.306 e. The van der Waals surface area contributed by atoms with Crippen molar-refractivity contribution in [2.45, 2.75) is 309 Å². The second kappa shape index (κ2) is 61.1. The van der Waals surface area contributed by atoms with E-state index in [4.69, 9.17) is 14.2 Å². The number of carbonyl (C=O) groups excluding carboxylic acids is 3.